The van der Waals surface area contributed by atoms with Crippen LogP contribution in [0.2, 0.25) is 0 Å². The van der Waals surface area contributed by atoms with E-state index in [-0.39, 0.29) is 6.42 Å². The SMILES string of the molecule is O=C(O)CCCCNCCCCCCCCCCCCCCCCCCCCCCCCOOOOOOOOOOO. The van der Waals surface area contributed by atoms with Gasteiger partial charge in [0.1, 0.15) is 0 Å². The molecule has 0 aromatic carbocycles. The quantitative estimate of drug-likeness (QED) is 0.0338. The molecule has 0 fully saturated rings. The highest BCUT2D eigenvalue weighted by atomic mass is 17.9. The van der Waals surface area contributed by atoms with Gasteiger partial charge in [-0.1, -0.05) is 128 Å². The van der Waals surface area contributed by atoms with E-state index in [1.54, 1.807) is 0 Å². The molecule has 0 aromatic heterocycles. The molecule has 0 aromatic rings. The van der Waals surface area contributed by atoms with Crippen LogP contribution >= 0.6 is 0 Å². The average Bonchev–Trinajstić information content (AvgIpc) is 3.00. The molecular weight excluding hydrogens is 570 g/mol. The maximum Gasteiger partial charge on any atom is 0.303 e. The van der Waals surface area contributed by atoms with Crippen LogP contribution in [0.5, 0.6) is 0 Å². The first-order valence-corrected chi connectivity index (χ1v) is 16.5. The summed E-state index contributed by atoms with van der Waals surface area (Å²) in [6, 6.07) is 0. The van der Waals surface area contributed by atoms with Crippen LogP contribution in [-0.2, 0) is 55.0 Å². The summed E-state index contributed by atoms with van der Waals surface area (Å²) in [7, 11) is 0. The largest absolute Gasteiger partial charge is 0.481 e. The number of hydrogen-bond acceptors (Lipinski definition) is 13. The molecule has 0 saturated heterocycles. The van der Waals surface area contributed by atoms with Crippen molar-refractivity contribution >= 4 is 5.97 Å². The number of aliphatic carboxylic acids is 1. The lowest BCUT2D eigenvalue weighted by Gasteiger charge is -2.05. The van der Waals surface area contributed by atoms with Gasteiger partial charge in [-0.05, 0) is 84.1 Å². The Kier molecular flexibility index (Phi) is 38.1. The first-order valence-electron chi connectivity index (χ1n) is 16.5. The van der Waals surface area contributed by atoms with Gasteiger partial charge < -0.3 is 10.4 Å². The molecule has 43 heavy (non-hydrogen) atoms. The van der Waals surface area contributed by atoms with E-state index in [0.717, 1.165) is 45.2 Å². The standard InChI is InChI=1S/C29H59NO13/c31-29(32)25-21-23-27-30-26-22-19-17-15-13-11-9-7-5-3-1-2-4-6-8-10-12-14-16-18-20-24-28-34-36-38-40-42-43-41-39-37-35-33/h30,33H,1-28H2,(H,31,32). The summed E-state index contributed by atoms with van der Waals surface area (Å²) in [5.41, 5.74) is 0. The fraction of sp³-hybridized carbons (Fsp3) is 0.966. The van der Waals surface area contributed by atoms with E-state index < -0.39 is 5.97 Å². The summed E-state index contributed by atoms with van der Waals surface area (Å²) in [5.74, 6) is -0.693. The van der Waals surface area contributed by atoms with Crippen LogP contribution in [0.1, 0.15) is 161 Å². The van der Waals surface area contributed by atoms with E-state index in [9.17, 15) is 4.79 Å². The lowest BCUT2D eigenvalue weighted by molar-refractivity contribution is -0.854. The van der Waals surface area contributed by atoms with Gasteiger partial charge in [0, 0.05) is 6.42 Å². The molecule has 0 amide bonds. The van der Waals surface area contributed by atoms with Crippen molar-refractivity contribution in [1.29, 1.82) is 0 Å². The van der Waals surface area contributed by atoms with E-state index in [0.29, 0.717) is 6.61 Å². The van der Waals surface area contributed by atoms with Crippen molar-refractivity contribution < 1.29 is 65.4 Å². The maximum atomic E-state index is 10.4. The zero-order valence-corrected chi connectivity index (χ0v) is 26.2. The summed E-state index contributed by atoms with van der Waals surface area (Å²) in [6.45, 7) is 2.35. The maximum absolute atomic E-state index is 10.4. The van der Waals surface area contributed by atoms with E-state index in [4.69, 9.17) is 15.3 Å². The van der Waals surface area contributed by atoms with Crippen molar-refractivity contribution in [2.45, 2.75) is 161 Å². The molecule has 0 aliphatic rings. The summed E-state index contributed by atoms with van der Waals surface area (Å²) in [6.07, 6.45) is 30.7. The van der Waals surface area contributed by atoms with Gasteiger partial charge in [0.2, 0.25) is 0 Å². The van der Waals surface area contributed by atoms with E-state index in [2.05, 4.69) is 50.7 Å². The molecule has 0 aliphatic carbocycles. The zero-order valence-electron chi connectivity index (χ0n) is 26.2. The number of carbonyl (C=O) groups is 1. The Morgan fingerprint density at radius 3 is 1.14 bits per heavy atom. The third-order valence-electron chi connectivity index (χ3n) is 7.10. The van der Waals surface area contributed by atoms with Gasteiger partial charge in [-0.2, -0.15) is 0 Å². The Balaban J connectivity index is 3.03. The van der Waals surface area contributed by atoms with Gasteiger partial charge in [0.05, 0.1) is 6.61 Å². The first kappa shape index (κ1) is 42.0. The van der Waals surface area contributed by atoms with Crippen molar-refractivity contribution in [3.05, 3.63) is 0 Å². The predicted octanol–water partition coefficient (Wildman–Crippen LogP) is 8.29. The number of nitrogens with one attached hydrogen (secondary N) is 1. The normalized spacial score (nSPS) is 11.5. The van der Waals surface area contributed by atoms with Crippen molar-refractivity contribution in [2.75, 3.05) is 19.7 Å². The third-order valence-corrected chi connectivity index (χ3v) is 7.10. The van der Waals surface area contributed by atoms with Crippen molar-refractivity contribution in [3.8, 4) is 0 Å². The predicted molar refractivity (Wildman–Crippen MR) is 154 cm³/mol. The monoisotopic (exact) mass is 629 g/mol. The lowest BCUT2D eigenvalue weighted by atomic mass is 10.0. The Bertz CT molecular complexity index is 535. The second-order valence-corrected chi connectivity index (χ2v) is 10.8. The van der Waals surface area contributed by atoms with Crippen LogP contribution < -0.4 is 5.32 Å². The average molecular weight is 630 g/mol. The fourth-order valence-corrected chi connectivity index (χ4v) is 4.73. The molecule has 258 valence electrons. The molecule has 0 rings (SSSR count). The molecule has 0 saturated carbocycles. The summed E-state index contributed by atoms with van der Waals surface area (Å²) >= 11 is 0. The minimum atomic E-state index is -0.693. The minimum absolute atomic E-state index is 0.287. The van der Waals surface area contributed by atoms with Gasteiger partial charge in [0.15, 0.2) is 0 Å². The highest BCUT2D eigenvalue weighted by molar-refractivity contribution is 5.66. The number of hydrogen-bond donors (Lipinski definition) is 3. The van der Waals surface area contributed by atoms with Gasteiger partial charge >= 0.3 is 5.97 Å². The molecule has 0 heterocycles. The van der Waals surface area contributed by atoms with Crippen molar-refractivity contribution in [1.82, 2.24) is 5.32 Å². The number of carboxylic acid groups (broad SMARTS) is 1. The Labute approximate surface area is 257 Å². The van der Waals surface area contributed by atoms with E-state index in [1.165, 1.54) is 122 Å². The first-order chi connectivity index (χ1) is 21.3. The second kappa shape index (κ2) is 39.0. The zero-order chi connectivity index (χ0) is 31.2. The van der Waals surface area contributed by atoms with Crippen LogP contribution in [0.3, 0.4) is 0 Å². The van der Waals surface area contributed by atoms with E-state index >= 15 is 0 Å². The Morgan fingerprint density at radius 1 is 0.419 bits per heavy atom. The third kappa shape index (κ3) is 41.0. The molecule has 0 bridgehead atoms. The van der Waals surface area contributed by atoms with Crippen LogP contribution in [0.15, 0.2) is 0 Å². The number of unbranched alkanes of at least 4 members (excludes halogenated alkanes) is 22. The Morgan fingerprint density at radius 2 is 0.744 bits per heavy atom. The molecular formula is C29H59NO13. The minimum Gasteiger partial charge on any atom is -0.481 e. The van der Waals surface area contributed by atoms with Gasteiger partial charge in [0.25, 0.3) is 0 Å². The lowest BCUT2D eigenvalue weighted by Crippen LogP contribution is -2.16. The summed E-state index contributed by atoms with van der Waals surface area (Å²) < 4.78 is 0. The van der Waals surface area contributed by atoms with E-state index in [1.807, 2.05) is 0 Å². The van der Waals surface area contributed by atoms with Gasteiger partial charge in [-0.3, -0.25) is 4.79 Å². The van der Waals surface area contributed by atoms with Gasteiger partial charge in [-0.25, -0.2) is 10.1 Å². The number of carboxylic acids is 1. The van der Waals surface area contributed by atoms with Crippen LogP contribution in [-0.4, -0.2) is 36.0 Å². The number of rotatable bonds is 39. The van der Waals surface area contributed by atoms with Crippen LogP contribution in [0.25, 0.3) is 0 Å². The molecule has 14 heteroatoms. The topological polar surface area (TPSA) is 162 Å². The molecule has 0 atom stereocenters. The molecule has 0 radical (unpaired) electrons. The molecule has 0 spiro atoms. The Hall–Kier alpha value is -1.01. The van der Waals surface area contributed by atoms with Crippen molar-refractivity contribution in [3.63, 3.8) is 0 Å². The molecule has 0 unspecified atom stereocenters. The van der Waals surface area contributed by atoms with Gasteiger partial charge in [-0.15, -0.1) is 0 Å². The summed E-state index contributed by atoms with van der Waals surface area (Å²) in [4.78, 5) is 15.1. The smallest absolute Gasteiger partial charge is 0.303 e. The highest BCUT2D eigenvalue weighted by Crippen LogP contribution is 2.15. The van der Waals surface area contributed by atoms with Crippen LogP contribution in [0, 0.1) is 0 Å². The fourth-order valence-electron chi connectivity index (χ4n) is 4.73. The molecule has 14 nitrogen and oxygen atoms in total. The molecule has 3 N–H and O–H groups in total. The second-order valence-electron chi connectivity index (χ2n) is 10.8. The highest BCUT2D eigenvalue weighted by Gasteiger charge is 1.99. The van der Waals surface area contributed by atoms with Crippen molar-refractivity contribution in [2.24, 2.45) is 0 Å². The van der Waals surface area contributed by atoms with Crippen LogP contribution in [0.4, 0.5) is 0 Å². The molecule has 0 aliphatic heterocycles. The summed E-state index contributed by atoms with van der Waals surface area (Å²) in [5, 5.41) is 52.6.